The van der Waals surface area contributed by atoms with E-state index >= 15 is 0 Å². The van der Waals surface area contributed by atoms with Crippen molar-refractivity contribution < 1.29 is 5.11 Å². The van der Waals surface area contributed by atoms with Crippen molar-refractivity contribution in [1.29, 1.82) is 0 Å². The third kappa shape index (κ3) is 3.23. The SMILES string of the molecule is OCCN1C(=S)N[C@H](c2ccccn2)[C@@H]1c1cccn1C1CCCCC1. The molecule has 2 fully saturated rings. The van der Waals surface area contributed by atoms with E-state index in [1.807, 2.05) is 24.4 Å². The minimum Gasteiger partial charge on any atom is -0.395 e. The van der Waals surface area contributed by atoms with Crippen molar-refractivity contribution >= 4 is 17.3 Å². The Morgan fingerprint density at radius 3 is 2.73 bits per heavy atom. The Morgan fingerprint density at radius 1 is 1.15 bits per heavy atom. The van der Waals surface area contributed by atoms with Crippen LogP contribution in [-0.4, -0.2) is 37.8 Å². The summed E-state index contributed by atoms with van der Waals surface area (Å²) < 4.78 is 2.44. The summed E-state index contributed by atoms with van der Waals surface area (Å²) in [6, 6.07) is 10.9. The van der Waals surface area contributed by atoms with Crippen molar-refractivity contribution in [2.75, 3.05) is 13.2 Å². The molecule has 0 aromatic carbocycles. The molecule has 2 atom stereocenters. The number of thiocarbonyl (C=S) groups is 1. The van der Waals surface area contributed by atoms with Crippen molar-refractivity contribution in [3.8, 4) is 0 Å². The van der Waals surface area contributed by atoms with E-state index in [-0.39, 0.29) is 18.7 Å². The summed E-state index contributed by atoms with van der Waals surface area (Å²) in [7, 11) is 0. The van der Waals surface area contributed by atoms with Gasteiger partial charge >= 0.3 is 0 Å². The lowest BCUT2D eigenvalue weighted by molar-refractivity contribution is 0.214. The molecule has 3 heterocycles. The molecule has 0 spiro atoms. The quantitative estimate of drug-likeness (QED) is 0.791. The van der Waals surface area contributed by atoms with Crippen molar-refractivity contribution in [3.05, 3.63) is 54.1 Å². The maximum atomic E-state index is 9.58. The van der Waals surface area contributed by atoms with E-state index in [1.165, 1.54) is 37.8 Å². The summed E-state index contributed by atoms with van der Waals surface area (Å²) in [5.41, 5.74) is 2.24. The van der Waals surface area contributed by atoms with Gasteiger partial charge in [0.2, 0.25) is 0 Å². The summed E-state index contributed by atoms with van der Waals surface area (Å²) in [5, 5.41) is 13.7. The number of pyridine rings is 1. The van der Waals surface area contributed by atoms with Crippen LogP contribution in [0.4, 0.5) is 0 Å². The molecule has 1 aliphatic heterocycles. The molecule has 2 N–H and O–H groups in total. The van der Waals surface area contributed by atoms with Gasteiger partial charge in [-0.25, -0.2) is 0 Å². The molecule has 2 aromatic rings. The Labute approximate surface area is 160 Å². The molecule has 6 heteroatoms. The molecule has 0 amide bonds. The Morgan fingerprint density at radius 2 is 2.00 bits per heavy atom. The first-order valence-corrected chi connectivity index (χ1v) is 9.96. The maximum absolute atomic E-state index is 9.58. The van der Waals surface area contributed by atoms with Crippen LogP contribution in [0.1, 0.15) is 61.6 Å². The second-order valence-electron chi connectivity index (χ2n) is 7.18. The largest absolute Gasteiger partial charge is 0.395 e. The number of nitrogens with zero attached hydrogens (tertiary/aromatic N) is 3. The van der Waals surface area contributed by atoms with Gasteiger partial charge in [-0.1, -0.05) is 25.3 Å². The summed E-state index contributed by atoms with van der Waals surface area (Å²) in [6.07, 6.45) is 10.4. The van der Waals surface area contributed by atoms with Crippen LogP contribution < -0.4 is 5.32 Å². The second-order valence-corrected chi connectivity index (χ2v) is 7.56. The molecule has 26 heavy (non-hydrogen) atoms. The van der Waals surface area contributed by atoms with Crippen LogP contribution in [-0.2, 0) is 0 Å². The Balaban J connectivity index is 1.72. The lowest BCUT2D eigenvalue weighted by Gasteiger charge is -2.32. The number of nitrogens with one attached hydrogen (secondary N) is 1. The molecule has 0 bridgehead atoms. The first kappa shape index (κ1) is 17.5. The number of hydrogen-bond donors (Lipinski definition) is 2. The lowest BCUT2D eigenvalue weighted by Crippen LogP contribution is -2.33. The molecule has 1 aliphatic carbocycles. The second kappa shape index (κ2) is 7.76. The summed E-state index contributed by atoms with van der Waals surface area (Å²) in [6.45, 7) is 0.604. The molecular weight excluding hydrogens is 344 g/mol. The third-order valence-electron chi connectivity index (χ3n) is 5.62. The molecular formula is C20H26N4OS. The number of aliphatic hydroxyl groups excluding tert-OH is 1. The Bertz CT molecular complexity index is 741. The predicted octanol–water partition coefficient (Wildman–Crippen LogP) is 3.35. The topological polar surface area (TPSA) is 53.3 Å². The van der Waals surface area contributed by atoms with Gasteiger partial charge in [0.15, 0.2) is 5.11 Å². The normalized spacial score (nSPS) is 24.0. The fourth-order valence-corrected chi connectivity index (χ4v) is 4.76. The highest BCUT2D eigenvalue weighted by molar-refractivity contribution is 7.80. The van der Waals surface area contributed by atoms with Gasteiger partial charge in [-0.15, -0.1) is 0 Å². The lowest BCUT2D eigenvalue weighted by atomic mass is 9.94. The van der Waals surface area contributed by atoms with Gasteiger partial charge in [-0.3, -0.25) is 4.98 Å². The van der Waals surface area contributed by atoms with Crippen LogP contribution in [0.5, 0.6) is 0 Å². The van der Waals surface area contributed by atoms with Gasteiger partial charge in [0, 0.05) is 30.7 Å². The van der Waals surface area contributed by atoms with Crippen molar-refractivity contribution in [2.24, 2.45) is 0 Å². The van der Waals surface area contributed by atoms with Gasteiger partial charge in [-0.2, -0.15) is 0 Å². The summed E-state index contributed by atoms with van der Waals surface area (Å²) in [4.78, 5) is 6.69. The van der Waals surface area contributed by atoms with Gasteiger partial charge in [0.25, 0.3) is 0 Å². The van der Waals surface area contributed by atoms with Crippen molar-refractivity contribution in [1.82, 2.24) is 19.8 Å². The van der Waals surface area contributed by atoms with Gasteiger partial charge < -0.3 is 19.9 Å². The monoisotopic (exact) mass is 370 g/mol. The summed E-state index contributed by atoms with van der Waals surface area (Å²) >= 11 is 5.60. The van der Waals surface area contributed by atoms with E-state index in [0.717, 1.165) is 5.69 Å². The molecule has 0 radical (unpaired) electrons. The molecule has 4 rings (SSSR count). The summed E-state index contributed by atoms with van der Waals surface area (Å²) in [5.74, 6) is 0. The van der Waals surface area contributed by atoms with Crippen molar-refractivity contribution in [2.45, 2.75) is 50.2 Å². The van der Waals surface area contributed by atoms with E-state index in [2.05, 4.69) is 38.1 Å². The average Bonchev–Trinajstić information content (AvgIpc) is 3.28. The van der Waals surface area contributed by atoms with Crippen LogP contribution in [0.15, 0.2) is 42.7 Å². The molecule has 5 nitrogen and oxygen atoms in total. The van der Waals surface area contributed by atoms with Gasteiger partial charge in [-0.05, 0) is 49.3 Å². The zero-order valence-corrected chi connectivity index (χ0v) is 15.7. The van der Waals surface area contributed by atoms with Crippen molar-refractivity contribution in [3.63, 3.8) is 0 Å². The van der Waals surface area contributed by atoms with Gasteiger partial charge in [0.1, 0.15) is 0 Å². The molecule has 0 unspecified atom stereocenters. The highest BCUT2D eigenvalue weighted by Gasteiger charge is 2.41. The fourth-order valence-electron chi connectivity index (χ4n) is 4.43. The zero-order valence-electron chi connectivity index (χ0n) is 14.9. The fraction of sp³-hybridized carbons (Fsp3) is 0.500. The molecule has 1 saturated heterocycles. The van der Waals surface area contributed by atoms with Crippen LogP contribution in [0.25, 0.3) is 0 Å². The number of aliphatic hydroxyl groups is 1. The first-order valence-electron chi connectivity index (χ1n) is 9.55. The molecule has 138 valence electrons. The number of aromatic nitrogens is 2. The molecule has 2 aliphatic rings. The van der Waals surface area contributed by atoms with Gasteiger partial charge in [0.05, 0.1) is 24.4 Å². The third-order valence-corrected chi connectivity index (χ3v) is 5.97. The molecule has 2 aromatic heterocycles. The minimum absolute atomic E-state index is 0.00695. The molecule has 1 saturated carbocycles. The van der Waals surface area contributed by atoms with Crippen LogP contribution in [0.3, 0.4) is 0 Å². The first-order chi connectivity index (χ1) is 12.8. The van der Waals surface area contributed by atoms with E-state index < -0.39 is 0 Å². The van der Waals surface area contributed by atoms with E-state index in [1.54, 1.807) is 0 Å². The van der Waals surface area contributed by atoms with E-state index in [4.69, 9.17) is 12.2 Å². The van der Waals surface area contributed by atoms with Crippen LogP contribution in [0, 0.1) is 0 Å². The predicted molar refractivity (Wildman–Crippen MR) is 106 cm³/mol. The van der Waals surface area contributed by atoms with Crippen LogP contribution in [0.2, 0.25) is 0 Å². The van der Waals surface area contributed by atoms with Crippen LogP contribution >= 0.6 is 12.2 Å². The maximum Gasteiger partial charge on any atom is 0.170 e. The Kier molecular flexibility index (Phi) is 5.22. The van der Waals surface area contributed by atoms with E-state index in [0.29, 0.717) is 17.7 Å². The highest BCUT2D eigenvalue weighted by atomic mass is 32.1. The average molecular weight is 371 g/mol. The number of β-amino-alcohol motifs (C(OH)–C–C–N with tert-alkyl or cyclic N) is 1. The number of rotatable bonds is 5. The standard InChI is InChI=1S/C20H26N4OS/c25-14-13-24-19(18(22-20(24)26)16-9-4-5-11-21-16)17-10-6-12-23(17)15-7-2-1-3-8-15/h4-6,9-12,15,18-19,25H,1-3,7-8,13-14H2,(H,22,26)/t18-,19+/m1/s1. The zero-order chi connectivity index (χ0) is 17.9. The highest BCUT2D eigenvalue weighted by Crippen LogP contribution is 2.40. The number of hydrogen-bond acceptors (Lipinski definition) is 3. The minimum atomic E-state index is -0.00695. The van der Waals surface area contributed by atoms with E-state index in [9.17, 15) is 5.11 Å². The smallest absolute Gasteiger partial charge is 0.170 e. The Hall–Kier alpha value is -1.92.